The van der Waals surface area contributed by atoms with Gasteiger partial charge in [0.1, 0.15) is 0 Å². The largest absolute Gasteiger partial charge is 0.380 e. The molecule has 0 saturated carbocycles. The highest BCUT2D eigenvalue weighted by Crippen LogP contribution is 2.26. The van der Waals surface area contributed by atoms with Crippen molar-refractivity contribution in [1.29, 1.82) is 0 Å². The van der Waals surface area contributed by atoms with E-state index in [4.69, 9.17) is 11.6 Å². The monoisotopic (exact) mass is 331 g/mol. The highest BCUT2D eigenvalue weighted by atomic mass is 79.9. The first-order chi connectivity index (χ1) is 8.56. The van der Waals surface area contributed by atoms with E-state index >= 15 is 0 Å². The molecule has 5 heteroatoms. The molecule has 0 heterocycles. The number of nitrogens with one attached hydrogen (secondary N) is 1. The van der Waals surface area contributed by atoms with E-state index in [1.807, 2.05) is 12.1 Å². The molecule has 1 N–H and O–H groups in total. The van der Waals surface area contributed by atoms with Gasteiger partial charge < -0.3 is 5.32 Å². The average molecular weight is 333 g/mol. The lowest BCUT2D eigenvalue weighted by Gasteiger charge is -2.09. The van der Waals surface area contributed by atoms with Crippen molar-refractivity contribution in [2.45, 2.75) is 6.54 Å². The first-order valence-electron chi connectivity index (χ1n) is 5.19. The normalized spacial score (nSPS) is 10.4. The minimum absolute atomic E-state index is 0.374. The molecule has 0 aliphatic rings. The fourth-order valence-electron chi connectivity index (χ4n) is 1.48. The molecule has 0 aromatic heterocycles. The second-order valence-corrected chi connectivity index (χ2v) is 5.05. The third-order valence-electron chi connectivity index (χ3n) is 2.40. The van der Waals surface area contributed by atoms with Crippen LogP contribution in [0.15, 0.2) is 40.9 Å². The van der Waals surface area contributed by atoms with Gasteiger partial charge in [-0.2, -0.15) is 0 Å². The van der Waals surface area contributed by atoms with E-state index in [0.717, 1.165) is 22.3 Å². The van der Waals surface area contributed by atoms with Crippen LogP contribution in [0.3, 0.4) is 0 Å². The lowest BCUT2D eigenvalue weighted by Crippen LogP contribution is -2.01. The van der Waals surface area contributed by atoms with Crippen LogP contribution in [-0.4, -0.2) is 0 Å². The van der Waals surface area contributed by atoms with Crippen LogP contribution in [0.1, 0.15) is 5.56 Å². The summed E-state index contributed by atoms with van der Waals surface area (Å²) in [6, 6.07) is 9.21. The molecule has 2 aromatic rings. The zero-order chi connectivity index (χ0) is 13.1. The smallest absolute Gasteiger partial charge is 0.159 e. The first-order valence-corrected chi connectivity index (χ1v) is 6.36. The molecule has 0 bridgehead atoms. The Balaban J connectivity index is 2.09. The van der Waals surface area contributed by atoms with Crippen LogP contribution in [0.2, 0.25) is 5.02 Å². The van der Waals surface area contributed by atoms with Gasteiger partial charge in [-0.05, 0) is 35.9 Å². The lowest BCUT2D eigenvalue weighted by atomic mass is 10.2. The highest BCUT2D eigenvalue weighted by molar-refractivity contribution is 9.10. The minimum Gasteiger partial charge on any atom is -0.380 e. The molecule has 0 spiro atoms. The summed E-state index contributed by atoms with van der Waals surface area (Å²) < 4.78 is 26.6. The van der Waals surface area contributed by atoms with Gasteiger partial charge in [-0.1, -0.05) is 33.6 Å². The number of benzene rings is 2. The number of hydrogen-bond donors (Lipinski definition) is 1. The molecule has 18 heavy (non-hydrogen) atoms. The number of rotatable bonds is 3. The number of hydrogen-bond acceptors (Lipinski definition) is 1. The number of halogens is 4. The molecule has 0 saturated heterocycles. The van der Waals surface area contributed by atoms with E-state index in [9.17, 15) is 8.78 Å². The molecule has 0 aliphatic carbocycles. The Morgan fingerprint density at radius 2 is 1.83 bits per heavy atom. The van der Waals surface area contributed by atoms with Crippen molar-refractivity contribution < 1.29 is 8.78 Å². The van der Waals surface area contributed by atoms with Gasteiger partial charge in [-0.3, -0.25) is 0 Å². The van der Waals surface area contributed by atoms with Crippen LogP contribution < -0.4 is 5.32 Å². The maximum atomic E-state index is 13.0. The molecule has 2 aromatic carbocycles. The van der Waals surface area contributed by atoms with Gasteiger partial charge in [0.05, 0.1) is 10.7 Å². The van der Waals surface area contributed by atoms with Crippen LogP contribution in [0.4, 0.5) is 14.5 Å². The summed E-state index contributed by atoms with van der Waals surface area (Å²) in [6.07, 6.45) is 0. The van der Waals surface area contributed by atoms with Gasteiger partial charge in [0.2, 0.25) is 0 Å². The summed E-state index contributed by atoms with van der Waals surface area (Å²) in [7, 11) is 0. The maximum Gasteiger partial charge on any atom is 0.159 e. The fraction of sp³-hybridized carbons (Fsp3) is 0.0769. The van der Waals surface area contributed by atoms with Crippen LogP contribution in [0.25, 0.3) is 0 Å². The lowest BCUT2D eigenvalue weighted by molar-refractivity contribution is 0.507. The van der Waals surface area contributed by atoms with Crippen LogP contribution >= 0.6 is 27.5 Å². The second kappa shape index (κ2) is 5.67. The first kappa shape index (κ1) is 13.3. The summed E-state index contributed by atoms with van der Waals surface area (Å²) in [5, 5.41) is 3.62. The Morgan fingerprint density at radius 1 is 1.06 bits per heavy atom. The van der Waals surface area contributed by atoms with E-state index in [0.29, 0.717) is 17.1 Å². The molecule has 2 rings (SSSR count). The van der Waals surface area contributed by atoms with Crippen molar-refractivity contribution in [2.24, 2.45) is 0 Å². The molecule has 0 amide bonds. The van der Waals surface area contributed by atoms with Crippen molar-refractivity contribution in [2.75, 3.05) is 5.32 Å². The SMILES string of the molecule is Fc1ccc(CNc2ccc(Br)cc2Cl)cc1F. The van der Waals surface area contributed by atoms with Crippen LogP contribution in [0.5, 0.6) is 0 Å². The molecule has 0 fully saturated rings. The van der Waals surface area contributed by atoms with E-state index in [-0.39, 0.29) is 0 Å². The van der Waals surface area contributed by atoms with Gasteiger partial charge >= 0.3 is 0 Å². The molecular weight excluding hydrogens is 324 g/mol. The Hall–Kier alpha value is -1.13. The zero-order valence-electron chi connectivity index (χ0n) is 9.18. The van der Waals surface area contributed by atoms with E-state index in [1.165, 1.54) is 6.07 Å². The summed E-state index contributed by atoms with van der Waals surface area (Å²) in [6.45, 7) is 0.374. The van der Waals surface area contributed by atoms with Gasteiger partial charge in [0, 0.05) is 11.0 Å². The minimum atomic E-state index is -0.851. The van der Waals surface area contributed by atoms with Gasteiger partial charge in [-0.25, -0.2) is 8.78 Å². The molecule has 0 atom stereocenters. The topological polar surface area (TPSA) is 12.0 Å². The summed E-state index contributed by atoms with van der Waals surface area (Å²) in [5.41, 5.74) is 1.39. The fourth-order valence-corrected chi connectivity index (χ4v) is 2.22. The van der Waals surface area contributed by atoms with Crippen LogP contribution in [0, 0.1) is 11.6 Å². The third kappa shape index (κ3) is 3.21. The molecule has 0 unspecified atom stereocenters. The quantitative estimate of drug-likeness (QED) is 0.834. The Morgan fingerprint density at radius 3 is 2.50 bits per heavy atom. The Labute approximate surface area is 117 Å². The maximum absolute atomic E-state index is 13.0. The van der Waals surface area contributed by atoms with Crippen molar-refractivity contribution in [1.82, 2.24) is 0 Å². The molecule has 0 aliphatic heterocycles. The van der Waals surface area contributed by atoms with Crippen molar-refractivity contribution >= 4 is 33.2 Å². The Kier molecular flexibility index (Phi) is 4.19. The molecule has 0 radical (unpaired) electrons. The summed E-state index contributed by atoms with van der Waals surface area (Å²) in [5.74, 6) is -1.70. The summed E-state index contributed by atoms with van der Waals surface area (Å²) >= 11 is 9.33. The third-order valence-corrected chi connectivity index (χ3v) is 3.20. The second-order valence-electron chi connectivity index (χ2n) is 3.73. The van der Waals surface area contributed by atoms with Crippen molar-refractivity contribution in [3.8, 4) is 0 Å². The van der Waals surface area contributed by atoms with Gasteiger partial charge in [0.15, 0.2) is 11.6 Å². The van der Waals surface area contributed by atoms with E-state index in [2.05, 4.69) is 21.2 Å². The highest BCUT2D eigenvalue weighted by Gasteiger charge is 2.04. The molecular formula is C13H9BrClF2N. The molecule has 94 valence electrons. The van der Waals surface area contributed by atoms with E-state index < -0.39 is 11.6 Å². The Bertz CT molecular complexity index is 575. The average Bonchev–Trinajstić information content (AvgIpc) is 2.32. The van der Waals surface area contributed by atoms with Crippen molar-refractivity contribution in [3.05, 3.63) is 63.1 Å². The number of anilines is 1. The van der Waals surface area contributed by atoms with Crippen LogP contribution in [-0.2, 0) is 6.54 Å². The standard InChI is InChI=1S/C13H9BrClF2N/c14-9-2-4-13(10(15)6-9)18-7-8-1-3-11(16)12(17)5-8/h1-6,18H,7H2. The molecule has 1 nitrogen and oxygen atoms in total. The predicted molar refractivity (Wildman–Crippen MR) is 72.8 cm³/mol. The predicted octanol–water partition coefficient (Wildman–Crippen LogP) is 4.99. The van der Waals surface area contributed by atoms with E-state index in [1.54, 1.807) is 6.07 Å². The summed E-state index contributed by atoms with van der Waals surface area (Å²) in [4.78, 5) is 0. The van der Waals surface area contributed by atoms with Gasteiger partial charge in [0.25, 0.3) is 0 Å². The zero-order valence-corrected chi connectivity index (χ0v) is 11.5. The van der Waals surface area contributed by atoms with Gasteiger partial charge in [-0.15, -0.1) is 0 Å². The van der Waals surface area contributed by atoms with Crippen molar-refractivity contribution in [3.63, 3.8) is 0 Å².